The van der Waals surface area contributed by atoms with Crippen LogP contribution < -0.4 is 0 Å². The number of esters is 2. The molecule has 0 aliphatic heterocycles. The molecule has 0 saturated carbocycles. The molecule has 0 aromatic rings. The molecule has 0 unspecified atom stereocenters. The maximum atomic E-state index is 12.4. The normalized spacial score (nSPS) is 13.9. The summed E-state index contributed by atoms with van der Waals surface area (Å²) >= 11 is 0. The highest BCUT2D eigenvalue weighted by Crippen LogP contribution is 2.35. The van der Waals surface area contributed by atoms with Crippen LogP contribution in [0, 0.1) is 0 Å². The SMILES string of the molecule is CC/C=C\C/C=C\C/C=C\C/C=C\C/C=C\C/C=C\CCC(=O)O[C@H](COC(=O)CCCCC/C=C\C/C=C\C/C=C\C/C=C\C/C=C\CC)COP(=O)(O)O. The topological polar surface area (TPSA) is 119 Å². The van der Waals surface area contributed by atoms with Crippen molar-refractivity contribution in [2.45, 2.75) is 136 Å². The second-order valence-electron chi connectivity index (χ2n) is 12.8. The number of hydrogen-bond acceptors (Lipinski definition) is 6. The van der Waals surface area contributed by atoms with Gasteiger partial charge in [-0.25, -0.2) is 4.57 Å². The van der Waals surface area contributed by atoms with Crippen molar-refractivity contribution in [2.75, 3.05) is 13.2 Å². The summed E-state index contributed by atoms with van der Waals surface area (Å²) in [5.41, 5.74) is 0. The Morgan fingerprint density at radius 2 is 0.839 bits per heavy atom. The highest BCUT2D eigenvalue weighted by atomic mass is 31.2. The molecule has 0 spiro atoms. The van der Waals surface area contributed by atoms with Gasteiger partial charge in [0.05, 0.1) is 6.61 Å². The van der Waals surface area contributed by atoms with Gasteiger partial charge >= 0.3 is 19.8 Å². The monoisotopic (exact) mass is 794 g/mol. The fourth-order valence-corrected chi connectivity index (χ4v) is 5.08. The summed E-state index contributed by atoms with van der Waals surface area (Å²) in [7, 11) is -4.79. The van der Waals surface area contributed by atoms with Crippen molar-refractivity contribution in [3.8, 4) is 0 Å². The molecule has 0 amide bonds. The molecule has 2 N–H and O–H groups in total. The van der Waals surface area contributed by atoms with E-state index < -0.39 is 32.5 Å². The zero-order valence-electron chi connectivity index (χ0n) is 34.2. The van der Waals surface area contributed by atoms with E-state index in [1.165, 1.54) is 0 Å². The number of allylic oxidation sites excluding steroid dienone is 22. The molecule has 0 saturated heterocycles. The quantitative estimate of drug-likeness (QED) is 0.0282. The molecule has 0 heterocycles. The summed E-state index contributed by atoms with van der Waals surface area (Å²) in [5.74, 6) is -1.04. The third-order valence-corrected chi connectivity index (χ3v) is 8.16. The summed E-state index contributed by atoms with van der Waals surface area (Å²) in [6, 6.07) is 0. The van der Waals surface area contributed by atoms with Crippen molar-refractivity contribution in [3.05, 3.63) is 134 Å². The van der Waals surface area contributed by atoms with Crippen molar-refractivity contribution in [1.82, 2.24) is 0 Å². The predicted molar refractivity (Wildman–Crippen MR) is 234 cm³/mol. The van der Waals surface area contributed by atoms with Gasteiger partial charge in [0.15, 0.2) is 6.10 Å². The minimum Gasteiger partial charge on any atom is -0.462 e. The highest BCUT2D eigenvalue weighted by Gasteiger charge is 2.22. The van der Waals surface area contributed by atoms with E-state index in [4.69, 9.17) is 19.3 Å². The predicted octanol–water partition coefficient (Wildman–Crippen LogP) is 12.7. The lowest BCUT2D eigenvalue weighted by Gasteiger charge is -2.18. The Hall–Kier alpha value is -3.81. The lowest BCUT2D eigenvalue weighted by atomic mass is 10.1. The molecule has 56 heavy (non-hydrogen) atoms. The van der Waals surface area contributed by atoms with Gasteiger partial charge in [0.1, 0.15) is 6.61 Å². The Morgan fingerprint density at radius 3 is 1.23 bits per heavy atom. The summed E-state index contributed by atoms with van der Waals surface area (Å²) in [6.45, 7) is 3.34. The standard InChI is InChI=1S/C47H71O8P/c1-3-5-7-9-11-13-15-17-19-21-23-25-27-29-31-33-35-37-39-41-46(48)53-43-45(44-54-56(50,51)52)55-47(49)42-40-38-36-34-32-30-28-26-24-22-20-18-16-14-12-10-8-6-4-2/h5-8,11-14,17-20,23-26,29-32,36,38,45H,3-4,9-10,15-16,21-22,27-28,33-35,37,39-44H2,1-2H3,(H2,50,51,52)/b7-5-,8-6-,13-11-,14-12-,19-17-,20-18-,25-23-,26-24-,31-29-,32-30-,38-36-/t45-/m1/s1. The Balaban J connectivity index is 4.17. The van der Waals surface area contributed by atoms with Gasteiger partial charge in [0.25, 0.3) is 0 Å². The van der Waals surface area contributed by atoms with E-state index in [2.05, 4.69) is 140 Å². The first-order chi connectivity index (χ1) is 27.3. The molecular formula is C47H71O8P. The lowest BCUT2D eigenvalue weighted by molar-refractivity contribution is -0.161. The second kappa shape index (κ2) is 40.8. The third-order valence-electron chi connectivity index (χ3n) is 7.68. The number of rotatable bonds is 35. The highest BCUT2D eigenvalue weighted by molar-refractivity contribution is 7.46. The van der Waals surface area contributed by atoms with Crippen molar-refractivity contribution in [3.63, 3.8) is 0 Å². The molecule has 0 rings (SSSR count). The minimum atomic E-state index is -4.79. The Morgan fingerprint density at radius 1 is 0.464 bits per heavy atom. The van der Waals surface area contributed by atoms with E-state index in [1.807, 2.05) is 12.2 Å². The van der Waals surface area contributed by atoms with Crippen LogP contribution in [0.4, 0.5) is 0 Å². The van der Waals surface area contributed by atoms with Crippen LogP contribution in [0.25, 0.3) is 0 Å². The lowest BCUT2D eigenvalue weighted by Crippen LogP contribution is -2.29. The average molecular weight is 795 g/mol. The van der Waals surface area contributed by atoms with Gasteiger partial charge in [-0.15, -0.1) is 0 Å². The van der Waals surface area contributed by atoms with Gasteiger partial charge in [-0.1, -0.05) is 154 Å². The number of hydrogen-bond donors (Lipinski definition) is 2. The first-order valence-electron chi connectivity index (χ1n) is 20.5. The Bertz CT molecular complexity index is 1350. The minimum absolute atomic E-state index is 0.0699. The average Bonchev–Trinajstić information content (AvgIpc) is 3.17. The molecule has 9 heteroatoms. The summed E-state index contributed by atoms with van der Waals surface area (Å²) in [4.78, 5) is 42.8. The molecular weight excluding hydrogens is 723 g/mol. The largest absolute Gasteiger partial charge is 0.469 e. The van der Waals surface area contributed by atoms with Crippen LogP contribution in [0.5, 0.6) is 0 Å². The number of phosphoric acid groups is 1. The molecule has 1 atom stereocenters. The van der Waals surface area contributed by atoms with Crippen LogP contribution in [-0.4, -0.2) is 41.0 Å². The molecule has 0 radical (unpaired) electrons. The number of unbranched alkanes of at least 4 members (excludes halogenated alkanes) is 3. The van der Waals surface area contributed by atoms with Crippen LogP contribution in [0.1, 0.15) is 129 Å². The van der Waals surface area contributed by atoms with E-state index in [0.717, 1.165) is 89.9 Å². The van der Waals surface area contributed by atoms with Gasteiger partial charge in [-0.3, -0.25) is 14.1 Å². The van der Waals surface area contributed by atoms with E-state index in [-0.39, 0.29) is 19.4 Å². The molecule has 8 nitrogen and oxygen atoms in total. The van der Waals surface area contributed by atoms with Crippen LogP contribution >= 0.6 is 7.82 Å². The van der Waals surface area contributed by atoms with Crippen LogP contribution in [0.15, 0.2) is 134 Å². The first-order valence-corrected chi connectivity index (χ1v) is 22.0. The number of phosphoric ester groups is 1. The molecule has 312 valence electrons. The van der Waals surface area contributed by atoms with Crippen LogP contribution in [0.3, 0.4) is 0 Å². The number of carbonyl (C=O) groups excluding carboxylic acids is 2. The molecule has 0 aromatic carbocycles. The fraction of sp³-hybridized carbons (Fsp3) is 0.489. The van der Waals surface area contributed by atoms with Crippen molar-refractivity contribution in [1.29, 1.82) is 0 Å². The van der Waals surface area contributed by atoms with Crippen LogP contribution in [0.2, 0.25) is 0 Å². The third kappa shape index (κ3) is 42.9. The maximum absolute atomic E-state index is 12.4. The summed E-state index contributed by atoms with van der Waals surface area (Å²) in [6.07, 6.45) is 60.4. The van der Waals surface area contributed by atoms with E-state index in [1.54, 1.807) is 0 Å². The van der Waals surface area contributed by atoms with Crippen molar-refractivity contribution in [2.24, 2.45) is 0 Å². The summed E-state index contributed by atoms with van der Waals surface area (Å²) < 4.78 is 26.3. The van der Waals surface area contributed by atoms with Gasteiger partial charge in [-0.2, -0.15) is 0 Å². The molecule has 0 fully saturated rings. The maximum Gasteiger partial charge on any atom is 0.469 e. The molecule has 0 aliphatic rings. The first kappa shape index (κ1) is 52.2. The Kier molecular flexibility index (Phi) is 38.1. The smallest absolute Gasteiger partial charge is 0.462 e. The Labute approximate surface area is 339 Å². The fourth-order valence-electron chi connectivity index (χ4n) is 4.72. The number of carbonyl (C=O) groups is 2. The molecule has 0 aliphatic carbocycles. The van der Waals surface area contributed by atoms with Crippen molar-refractivity contribution < 1.29 is 37.9 Å². The molecule has 0 aromatic heterocycles. The van der Waals surface area contributed by atoms with Gasteiger partial charge in [0, 0.05) is 12.8 Å². The number of ether oxygens (including phenoxy) is 2. The van der Waals surface area contributed by atoms with Crippen LogP contribution in [-0.2, 0) is 28.2 Å². The van der Waals surface area contributed by atoms with Crippen molar-refractivity contribution >= 4 is 19.8 Å². The van der Waals surface area contributed by atoms with E-state index >= 15 is 0 Å². The van der Waals surface area contributed by atoms with E-state index in [9.17, 15) is 14.2 Å². The second-order valence-corrected chi connectivity index (χ2v) is 14.1. The van der Waals surface area contributed by atoms with Gasteiger partial charge < -0.3 is 19.3 Å². The zero-order chi connectivity index (χ0) is 41.1. The zero-order valence-corrected chi connectivity index (χ0v) is 35.1. The summed E-state index contributed by atoms with van der Waals surface area (Å²) in [5, 5.41) is 0. The molecule has 0 bridgehead atoms. The van der Waals surface area contributed by atoms with E-state index in [0.29, 0.717) is 12.8 Å². The van der Waals surface area contributed by atoms with Gasteiger partial charge in [0.2, 0.25) is 0 Å². The van der Waals surface area contributed by atoms with Gasteiger partial charge in [-0.05, 0) is 96.3 Å².